The third kappa shape index (κ3) is 9.02. The second kappa shape index (κ2) is 13.1. The van der Waals surface area contributed by atoms with Crippen molar-refractivity contribution in [1.29, 1.82) is 0 Å². The van der Waals surface area contributed by atoms with Crippen molar-refractivity contribution in [3.05, 3.63) is 71.8 Å². The molecule has 0 aliphatic heterocycles. The van der Waals surface area contributed by atoms with Gasteiger partial charge in [0.05, 0.1) is 25.3 Å². The third-order valence-electron chi connectivity index (χ3n) is 3.70. The number of carbonyl (C=O) groups excluding carboxylic acids is 2. The summed E-state index contributed by atoms with van der Waals surface area (Å²) in [5, 5.41) is 5.22. The first-order chi connectivity index (χ1) is 13.5. The van der Waals surface area contributed by atoms with Crippen molar-refractivity contribution in [2.45, 2.75) is 12.1 Å². The van der Waals surface area contributed by atoms with E-state index in [1.165, 1.54) is 0 Å². The molecule has 0 bridgehead atoms. The topological polar surface area (TPSA) is 129 Å². The number of amides is 4. The Bertz CT molecular complexity index is 636. The van der Waals surface area contributed by atoms with E-state index in [0.717, 1.165) is 11.1 Å². The van der Waals surface area contributed by atoms with Crippen LogP contribution in [0.5, 0.6) is 0 Å². The van der Waals surface area contributed by atoms with Crippen LogP contribution in [0.1, 0.15) is 23.2 Å². The zero-order valence-corrected chi connectivity index (χ0v) is 16.1. The maximum Gasteiger partial charge on any atom is 0.312 e. The van der Waals surface area contributed by atoms with Gasteiger partial charge in [-0.1, -0.05) is 60.7 Å². The van der Waals surface area contributed by atoms with Gasteiger partial charge in [0.15, 0.2) is 0 Å². The van der Waals surface area contributed by atoms with Crippen molar-refractivity contribution >= 4 is 12.1 Å². The van der Waals surface area contributed by atoms with Crippen molar-refractivity contribution in [2.24, 2.45) is 11.5 Å². The zero-order valence-electron chi connectivity index (χ0n) is 16.1. The van der Waals surface area contributed by atoms with Crippen molar-refractivity contribution in [2.75, 3.05) is 27.4 Å². The number of hydrogen-bond donors (Lipinski definition) is 4. The number of carbonyl (C=O) groups is 2. The second-order valence-corrected chi connectivity index (χ2v) is 5.85. The first kappa shape index (κ1) is 22.9. The van der Waals surface area contributed by atoms with Gasteiger partial charge in [-0.25, -0.2) is 9.59 Å². The van der Waals surface area contributed by atoms with Gasteiger partial charge in [0.25, 0.3) is 0 Å². The predicted octanol–water partition coefficient (Wildman–Crippen LogP) is 2.08. The molecule has 152 valence electrons. The molecular weight excluding hydrogens is 360 g/mol. The molecule has 0 aromatic heterocycles. The lowest BCUT2D eigenvalue weighted by molar-refractivity contribution is 0.167. The van der Waals surface area contributed by atoms with E-state index in [1.54, 1.807) is 14.2 Å². The van der Waals surface area contributed by atoms with Gasteiger partial charge in [0.2, 0.25) is 0 Å². The van der Waals surface area contributed by atoms with Gasteiger partial charge >= 0.3 is 12.1 Å². The summed E-state index contributed by atoms with van der Waals surface area (Å²) in [5.74, 6) is 0. The molecule has 0 spiro atoms. The minimum Gasteiger partial charge on any atom is -0.382 e. The molecule has 0 saturated carbocycles. The van der Waals surface area contributed by atoms with Gasteiger partial charge in [-0.15, -0.1) is 0 Å². The second-order valence-electron chi connectivity index (χ2n) is 5.85. The van der Waals surface area contributed by atoms with Crippen LogP contribution in [-0.4, -0.2) is 39.5 Å². The van der Waals surface area contributed by atoms with Crippen LogP contribution < -0.4 is 22.1 Å². The number of hydrogen-bond acceptors (Lipinski definition) is 4. The van der Waals surface area contributed by atoms with E-state index in [1.807, 2.05) is 60.7 Å². The van der Waals surface area contributed by atoms with Crippen LogP contribution in [0.2, 0.25) is 0 Å². The van der Waals surface area contributed by atoms with Gasteiger partial charge < -0.3 is 31.6 Å². The summed E-state index contributed by atoms with van der Waals surface area (Å²) in [7, 11) is 3.16. The highest BCUT2D eigenvalue weighted by Crippen LogP contribution is 2.12. The minimum atomic E-state index is -0.545. The highest BCUT2D eigenvalue weighted by molar-refractivity contribution is 5.72. The van der Waals surface area contributed by atoms with Crippen molar-refractivity contribution in [1.82, 2.24) is 10.6 Å². The molecule has 0 heterocycles. The number of methoxy groups -OCH3 is 2. The molecule has 2 aromatic carbocycles. The van der Waals surface area contributed by atoms with Crippen LogP contribution in [0.4, 0.5) is 9.59 Å². The third-order valence-corrected chi connectivity index (χ3v) is 3.70. The van der Waals surface area contributed by atoms with Gasteiger partial charge in [-0.05, 0) is 11.1 Å². The quantitative estimate of drug-likeness (QED) is 0.552. The fraction of sp³-hybridized carbons (Fsp3) is 0.300. The summed E-state index contributed by atoms with van der Waals surface area (Å²) >= 11 is 0. The lowest BCUT2D eigenvalue weighted by atomic mass is 10.1. The normalized spacial score (nSPS) is 12.1. The standard InChI is InChI=1S/2C10H14N2O2/c2*1-14-7-9(12-10(11)13)8-5-3-2-4-6-8/h2*2-6,9H,7H2,1H3,(H3,11,12,13)/t2*9-/m11/s1. The van der Waals surface area contributed by atoms with E-state index in [4.69, 9.17) is 20.9 Å². The molecule has 0 aliphatic rings. The smallest absolute Gasteiger partial charge is 0.312 e. The molecule has 2 atom stereocenters. The van der Waals surface area contributed by atoms with Gasteiger partial charge in [-0.3, -0.25) is 0 Å². The Morgan fingerprint density at radius 1 is 0.750 bits per heavy atom. The fourth-order valence-corrected chi connectivity index (χ4v) is 2.49. The van der Waals surface area contributed by atoms with Crippen LogP contribution in [0.3, 0.4) is 0 Å². The summed E-state index contributed by atoms with van der Waals surface area (Å²) in [5.41, 5.74) is 12.1. The average molecular weight is 388 g/mol. The Morgan fingerprint density at radius 3 is 1.32 bits per heavy atom. The number of urea groups is 2. The van der Waals surface area contributed by atoms with Crippen LogP contribution >= 0.6 is 0 Å². The average Bonchev–Trinajstić information content (AvgIpc) is 2.69. The lowest BCUT2D eigenvalue weighted by Crippen LogP contribution is -2.35. The van der Waals surface area contributed by atoms with Gasteiger partial charge in [0.1, 0.15) is 0 Å². The maximum absolute atomic E-state index is 10.7. The molecule has 2 aromatic rings. The molecule has 2 rings (SSSR count). The maximum atomic E-state index is 10.7. The van der Waals surface area contributed by atoms with E-state index >= 15 is 0 Å². The monoisotopic (exact) mass is 388 g/mol. The Balaban J connectivity index is 0.000000280. The predicted molar refractivity (Wildman–Crippen MR) is 108 cm³/mol. The minimum absolute atomic E-state index is 0.182. The Morgan fingerprint density at radius 2 is 1.07 bits per heavy atom. The first-order valence-corrected chi connectivity index (χ1v) is 8.67. The lowest BCUT2D eigenvalue weighted by Gasteiger charge is -2.16. The van der Waals surface area contributed by atoms with E-state index < -0.39 is 12.1 Å². The van der Waals surface area contributed by atoms with Crippen molar-refractivity contribution < 1.29 is 19.1 Å². The SMILES string of the molecule is COC[C@@H](NC(N)=O)c1ccccc1.COC[C@@H](NC(N)=O)c1ccccc1. The molecule has 0 aliphatic carbocycles. The number of nitrogens with one attached hydrogen (secondary N) is 2. The van der Waals surface area contributed by atoms with Gasteiger partial charge in [-0.2, -0.15) is 0 Å². The van der Waals surface area contributed by atoms with E-state index in [-0.39, 0.29) is 12.1 Å². The first-order valence-electron chi connectivity index (χ1n) is 8.67. The van der Waals surface area contributed by atoms with E-state index in [0.29, 0.717) is 13.2 Å². The van der Waals surface area contributed by atoms with Crippen LogP contribution in [-0.2, 0) is 9.47 Å². The summed E-state index contributed by atoms with van der Waals surface area (Å²) in [6.07, 6.45) is 0. The molecule has 0 radical (unpaired) electrons. The highest BCUT2D eigenvalue weighted by atomic mass is 16.5. The molecule has 6 N–H and O–H groups in total. The van der Waals surface area contributed by atoms with Crippen molar-refractivity contribution in [3.8, 4) is 0 Å². The van der Waals surface area contributed by atoms with Gasteiger partial charge in [0, 0.05) is 14.2 Å². The summed E-state index contributed by atoms with van der Waals surface area (Å²) < 4.78 is 9.98. The van der Waals surface area contributed by atoms with Crippen LogP contribution in [0, 0.1) is 0 Å². The number of nitrogens with two attached hydrogens (primary N) is 2. The fourth-order valence-electron chi connectivity index (χ4n) is 2.49. The summed E-state index contributed by atoms with van der Waals surface area (Å²) in [6, 6.07) is 17.7. The van der Waals surface area contributed by atoms with Crippen molar-refractivity contribution in [3.63, 3.8) is 0 Å². The highest BCUT2D eigenvalue weighted by Gasteiger charge is 2.12. The Kier molecular flexibility index (Phi) is 10.8. The molecular formula is C20H28N4O4. The van der Waals surface area contributed by atoms with E-state index in [2.05, 4.69) is 10.6 Å². The largest absolute Gasteiger partial charge is 0.382 e. The van der Waals surface area contributed by atoms with Crippen LogP contribution in [0.25, 0.3) is 0 Å². The number of ether oxygens (including phenoxy) is 2. The molecule has 8 nitrogen and oxygen atoms in total. The number of primary amides is 2. The number of rotatable bonds is 8. The molecule has 4 amide bonds. The molecule has 0 fully saturated rings. The zero-order chi connectivity index (χ0) is 20.8. The summed E-state index contributed by atoms with van der Waals surface area (Å²) in [6.45, 7) is 0.819. The molecule has 28 heavy (non-hydrogen) atoms. The molecule has 8 heteroatoms. The van der Waals surface area contributed by atoms with Crippen LogP contribution in [0.15, 0.2) is 60.7 Å². The molecule has 0 unspecified atom stereocenters. The summed E-state index contributed by atoms with van der Waals surface area (Å²) in [4.78, 5) is 21.4. The molecule has 0 saturated heterocycles. The van der Waals surface area contributed by atoms with E-state index in [9.17, 15) is 9.59 Å². The number of benzene rings is 2. The Labute approximate surface area is 165 Å². The Hall–Kier alpha value is -3.10.